The molecule has 0 aliphatic carbocycles. The van der Waals surface area contributed by atoms with Crippen molar-refractivity contribution in [3.63, 3.8) is 0 Å². The van der Waals surface area contributed by atoms with Crippen molar-refractivity contribution in [3.8, 4) is 11.5 Å². The maximum Gasteiger partial charge on any atom is 0.306 e. The number of hydrogen-bond acceptors (Lipinski definition) is 7. The molecule has 0 unspecified atom stereocenters. The summed E-state index contributed by atoms with van der Waals surface area (Å²) in [6, 6.07) is 8.62. The third-order valence-corrected chi connectivity index (χ3v) is 4.90. The molecular weight excluding hydrogens is 370 g/mol. The maximum atomic E-state index is 12.0. The van der Waals surface area contributed by atoms with Crippen molar-refractivity contribution in [2.75, 3.05) is 13.4 Å². The molecule has 2 heterocycles. The molecule has 7 nitrogen and oxygen atoms in total. The van der Waals surface area contributed by atoms with Crippen LogP contribution in [0.5, 0.6) is 11.5 Å². The van der Waals surface area contributed by atoms with Gasteiger partial charge in [-0.25, -0.2) is 0 Å². The summed E-state index contributed by atoms with van der Waals surface area (Å²) < 4.78 is 15.5. The van der Waals surface area contributed by atoms with Crippen LogP contribution in [-0.2, 0) is 14.3 Å². The van der Waals surface area contributed by atoms with E-state index in [0.29, 0.717) is 16.4 Å². The van der Waals surface area contributed by atoms with Crippen molar-refractivity contribution >= 4 is 29.0 Å². The van der Waals surface area contributed by atoms with Gasteiger partial charge in [-0.05, 0) is 36.1 Å². The molecule has 0 bridgehead atoms. The zero-order chi connectivity index (χ0) is 19.2. The molecule has 0 radical (unpaired) electrons. The molecule has 0 spiro atoms. The number of benzene rings is 1. The van der Waals surface area contributed by atoms with Crippen LogP contribution in [-0.4, -0.2) is 31.1 Å². The van der Waals surface area contributed by atoms with Crippen molar-refractivity contribution in [1.29, 1.82) is 0 Å². The third-order valence-electron chi connectivity index (χ3n) is 3.99. The molecule has 0 saturated carbocycles. The van der Waals surface area contributed by atoms with E-state index in [0.717, 1.165) is 5.56 Å². The second-order valence-corrected chi connectivity index (χ2v) is 6.91. The molecular formula is C19H19NO6S. The van der Waals surface area contributed by atoms with Gasteiger partial charge in [0.25, 0.3) is 5.91 Å². The number of carbonyl (C=O) groups is 3. The van der Waals surface area contributed by atoms with E-state index in [-0.39, 0.29) is 38.1 Å². The van der Waals surface area contributed by atoms with Crippen LogP contribution in [0.25, 0.3) is 0 Å². The second kappa shape index (κ2) is 8.68. The molecule has 0 saturated heterocycles. The van der Waals surface area contributed by atoms with E-state index < -0.39 is 11.9 Å². The summed E-state index contributed by atoms with van der Waals surface area (Å²) in [6.07, 6.45) is 0.0102. The van der Waals surface area contributed by atoms with Crippen LogP contribution in [0.1, 0.15) is 41.0 Å². The zero-order valence-corrected chi connectivity index (χ0v) is 15.5. The van der Waals surface area contributed by atoms with Gasteiger partial charge in [-0.2, -0.15) is 0 Å². The highest BCUT2D eigenvalue weighted by molar-refractivity contribution is 7.12. The Kier molecular flexibility index (Phi) is 6.08. The Morgan fingerprint density at radius 3 is 2.78 bits per heavy atom. The van der Waals surface area contributed by atoms with E-state index in [9.17, 15) is 14.4 Å². The van der Waals surface area contributed by atoms with Crippen molar-refractivity contribution < 1.29 is 28.6 Å². The number of nitrogens with one attached hydrogen (secondary N) is 1. The van der Waals surface area contributed by atoms with Gasteiger partial charge < -0.3 is 19.5 Å². The van der Waals surface area contributed by atoms with Crippen LogP contribution >= 0.6 is 11.3 Å². The summed E-state index contributed by atoms with van der Waals surface area (Å²) >= 11 is 1.33. The first-order valence-corrected chi connectivity index (χ1v) is 9.32. The fraction of sp³-hybridized carbons (Fsp3) is 0.316. The van der Waals surface area contributed by atoms with E-state index in [4.69, 9.17) is 14.2 Å². The summed E-state index contributed by atoms with van der Waals surface area (Å²) in [5.41, 5.74) is 0.848. The maximum absolute atomic E-state index is 12.0. The second-order valence-electron chi connectivity index (χ2n) is 5.96. The summed E-state index contributed by atoms with van der Waals surface area (Å²) in [4.78, 5) is 36.1. The highest BCUT2D eigenvalue weighted by atomic mass is 32.1. The average Bonchev–Trinajstić information content (AvgIpc) is 3.35. The number of esters is 1. The molecule has 142 valence electrons. The van der Waals surface area contributed by atoms with Gasteiger partial charge in [-0.15, -0.1) is 11.3 Å². The van der Waals surface area contributed by atoms with Gasteiger partial charge in [-0.3, -0.25) is 14.4 Å². The molecule has 1 aromatic heterocycles. The number of thiophene rings is 1. The molecule has 1 aliphatic heterocycles. The first kappa shape index (κ1) is 18.9. The van der Waals surface area contributed by atoms with Crippen LogP contribution in [0, 0.1) is 0 Å². The molecule has 27 heavy (non-hydrogen) atoms. The van der Waals surface area contributed by atoms with Gasteiger partial charge in [0.1, 0.15) is 0 Å². The SMILES string of the molecule is C[C@@H](NC(=O)COC(=O)CCC(=O)c1cccs1)c1ccc2c(c1)OCO2. The van der Waals surface area contributed by atoms with Crippen LogP contribution < -0.4 is 14.8 Å². The summed E-state index contributed by atoms with van der Waals surface area (Å²) in [5, 5.41) is 4.55. The lowest BCUT2D eigenvalue weighted by molar-refractivity contribution is -0.148. The van der Waals surface area contributed by atoms with E-state index in [1.807, 2.05) is 13.0 Å². The average molecular weight is 389 g/mol. The quantitative estimate of drug-likeness (QED) is 0.551. The smallest absolute Gasteiger partial charge is 0.306 e. The number of ether oxygens (including phenoxy) is 3. The minimum Gasteiger partial charge on any atom is -0.456 e. The van der Waals surface area contributed by atoms with E-state index in [2.05, 4.69) is 5.32 Å². The van der Waals surface area contributed by atoms with Crippen molar-refractivity contribution in [1.82, 2.24) is 5.32 Å². The lowest BCUT2D eigenvalue weighted by atomic mass is 10.1. The van der Waals surface area contributed by atoms with Gasteiger partial charge in [0, 0.05) is 6.42 Å². The topological polar surface area (TPSA) is 90.9 Å². The Labute approximate surface area is 160 Å². The van der Waals surface area contributed by atoms with Crippen LogP contribution in [0.15, 0.2) is 35.7 Å². The van der Waals surface area contributed by atoms with E-state index in [1.54, 1.807) is 29.6 Å². The number of Topliss-reactive ketones (excluding diaryl/α,β-unsaturated/α-hetero) is 1. The summed E-state index contributed by atoms with van der Waals surface area (Å²) in [7, 11) is 0. The fourth-order valence-electron chi connectivity index (χ4n) is 2.54. The van der Waals surface area contributed by atoms with E-state index >= 15 is 0 Å². The Morgan fingerprint density at radius 2 is 2.00 bits per heavy atom. The van der Waals surface area contributed by atoms with Gasteiger partial charge in [0.05, 0.1) is 17.3 Å². The number of carbonyl (C=O) groups excluding carboxylic acids is 3. The molecule has 1 aromatic carbocycles. The number of hydrogen-bond donors (Lipinski definition) is 1. The Balaban J connectivity index is 1.40. The Morgan fingerprint density at radius 1 is 1.19 bits per heavy atom. The number of rotatable bonds is 8. The largest absolute Gasteiger partial charge is 0.456 e. The predicted molar refractivity (Wildman–Crippen MR) is 98.0 cm³/mol. The highest BCUT2D eigenvalue weighted by Gasteiger charge is 2.18. The van der Waals surface area contributed by atoms with Crippen molar-refractivity contribution in [2.24, 2.45) is 0 Å². The van der Waals surface area contributed by atoms with Crippen LogP contribution in [0.3, 0.4) is 0 Å². The molecule has 1 N–H and O–H groups in total. The summed E-state index contributed by atoms with van der Waals surface area (Å²) in [6.45, 7) is 1.61. The molecule has 1 atom stereocenters. The van der Waals surface area contributed by atoms with E-state index in [1.165, 1.54) is 11.3 Å². The Hall–Kier alpha value is -2.87. The minimum atomic E-state index is -0.578. The van der Waals surface area contributed by atoms with Crippen LogP contribution in [0.4, 0.5) is 0 Å². The normalized spacial score (nSPS) is 13.1. The predicted octanol–water partition coefficient (Wildman–Crippen LogP) is 2.86. The Bertz CT molecular complexity index is 833. The zero-order valence-electron chi connectivity index (χ0n) is 14.7. The van der Waals surface area contributed by atoms with Gasteiger partial charge in [0.15, 0.2) is 23.9 Å². The van der Waals surface area contributed by atoms with Gasteiger partial charge >= 0.3 is 5.97 Å². The number of ketones is 1. The first-order valence-electron chi connectivity index (χ1n) is 8.44. The lowest BCUT2D eigenvalue weighted by Gasteiger charge is -2.15. The highest BCUT2D eigenvalue weighted by Crippen LogP contribution is 2.34. The van der Waals surface area contributed by atoms with Crippen molar-refractivity contribution in [3.05, 3.63) is 46.2 Å². The minimum absolute atomic E-state index is 0.0538. The fourth-order valence-corrected chi connectivity index (χ4v) is 3.24. The van der Waals surface area contributed by atoms with Crippen molar-refractivity contribution in [2.45, 2.75) is 25.8 Å². The molecule has 0 fully saturated rings. The lowest BCUT2D eigenvalue weighted by Crippen LogP contribution is -2.31. The molecule has 3 rings (SSSR count). The number of fused-ring (bicyclic) bond motifs is 1. The molecule has 2 aromatic rings. The van der Waals surface area contributed by atoms with Crippen LogP contribution in [0.2, 0.25) is 0 Å². The number of amides is 1. The standard InChI is InChI=1S/C19H19NO6S/c1-12(13-4-6-15-16(9-13)26-11-25-15)20-18(22)10-24-19(23)7-5-14(21)17-3-2-8-27-17/h2-4,6,8-9,12H,5,7,10-11H2,1H3,(H,20,22)/t12-/m1/s1. The first-order chi connectivity index (χ1) is 13.0. The van der Waals surface area contributed by atoms with Gasteiger partial charge in [0.2, 0.25) is 6.79 Å². The summed E-state index contributed by atoms with van der Waals surface area (Å²) in [5.74, 6) is 0.199. The molecule has 1 aliphatic rings. The third kappa shape index (κ3) is 5.07. The monoisotopic (exact) mass is 389 g/mol. The molecule has 1 amide bonds. The molecule has 8 heteroatoms. The van der Waals surface area contributed by atoms with Gasteiger partial charge in [-0.1, -0.05) is 12.1 Å².